The van der Waals surface area contributed by atoms with Gasteiger partial charge in [-0.25, -0.2) is 0 Å². The third-order valence-electron chi connectivity index (χ3n) is 2.44. The summed E-state index contributed by atoms with van der Waals surface area (Å²) in [6.07, 6.45) is 2.37. The SMILES string of the molecule is CC(C)COCCCNc1cc(Cl)nc2ncnn12. The van der Waals surface area contributed by atoms with Crippen molar-refractivity contribution in [3.63, 3.8) is 0 Å². The molecule has 0 aliphatic heterocycles. The maximum absolute atomic E-state index is 5.92. The van der Waals surface area contributed by atoms with Gasteiger partial charge in [-0.3, -0.25) is 0 Å². The maximum atomic E-state index is 5.92. The molecule has 0 aliphatic carbocycles. The van der Waals surface area contributed by atoms with Crippen molar-refractivity contribution in [2.24, 2.45) is 5.92 Å². The third-order valence-corrected chi connectivity index (χ3v) is 2.64. The number of hydrogen-bond donors (Lipinski definition) is 1. The monoisotopic (exact) mass is 283 g/mol. The first-order chi connectivity index (χ1) is 9.16. The Morgan fingerprint density at radius 3 is 3.11 bits per heavy atom. The summed E-state index contributed by atoms with van der Waals surface area (Å²) in [5.74, 6) is 1.85. The van der Waals surface area contributed by atoms with Crippen molar-refractivity contribution < 1.29 is 4.74 Å². The summed E-state index contributed by atoms with van der Waals surface area (Å²) in [5.41, 5.74) is 0. The van der Waals surface area contributed by atoms with Gasteiger partial charge in [0.15, 0.2) is 0 Å². The first kappa shape index (κ1) is 14.0. The van der Waals surface area contributed by atoms with Crippen LogP contribution < -0.4 is 5.32 Å². The highest BCUT2D eigenvalue weighted by atomic mass is 35.5. The van der Waals surface area contributed by atoms with E-state index in [1.165, 1.54) is 6.33 Å². The summed E-state index contributed by atoms with van der Waals surface area (Å²) in [7, 11) is 0. The minimum atomic E-state index is 0.402. The van der Waals surface area contributed by atoms with Gasteiger partial charge in [-0.2, -0.15) is 19.6 Å². The second-order valence-electron chi connectivity index (χ2n) is 4.69. The number of hydrogen-bond acceptors (Lipinski definition) is 5. The van der Waals surface area contributed by atoms with Crippen molar-refractivity contribution in [3.8, 4) is 0 Å². The van der Waals surface area contributed by atoms with E-state index in [1.54, 1.807) is 10.6 Å². The Morgan fingerprint density at radius 1 is 1.47 bits per heavy atom. The van der Waals surface area contributed by atoms with Crippen LogP contribution in [0.25, 0.3) is 5.78 Å². The molecule has 0 amide bonds. The fourth-order valence-corrected chi connectivity index (χ4v) is 1.80. The van der Waals surface area contributed by atoms with E-state index in [4.69, 9.17) is 16.3 Å². The number of halogens is 1. The molecule has 2 heterocycles. The Bertz CT molecular complexity index is 528. The van der Waals surface area contributed by atoms with E-state index in [9.17, 15) is 0 Å². The van der Waals surface area contributed by atoms with Crippen molar-refractivity contribution >= 4 is 23.2 Å². The van der Waals surface area contributed by atoms with Gasteiger partial charge < -0.3 is 10.1 Å². The third kappa shape index (κ3) is 4.04. The molecule has 0 saturated carbocycles. The van der Waals surface area contributed by atoms with E-state index in [2.05, 4.69) is 34.2 Å². The zero-order valence-electron chi connectivity index (χ0n) is 11.1. The molecule has 2 rings (SSSR count). The number of anilines is 1. The molecule has 6 nitrogen and oxygen atoms in total. The Kier molecular flexibility index (Phi) is 4.93. The van der Waals surface area contributed by atoms with Crippen molar-refractivity contribution in [3.05, 3.63) is 17.5 Å². The van der Waals surface area contributed by atoms with Crippen LogP contribution in [0.3, 0.4) is 0 Å². The highest BCUT2D eigenvalue weighted by molar-refractivity contribution is 6.29. The van der Waals surface area contributed by atoms with Gasteiger partial charge in [0, 0.05) is 25.8 Å². The lowest BCUT2D eigenvalue weighted by atomic mass is 10.2. The van der Waals surface area contributed by atoms with Gasteiger partial charge in [0.2, 0.25) is 0 Å². The van der Waals surface area contributed by atoms with Crippen LogP contribution in [0.5, 0.6) is 0 Å². The van der Waals surface area contributed by atoms with E-state index in [1.807, 2.05) is 0 Å². The van der Waals surface area contributed by atoms with Gasteiger partial charge in [-0.1, -0.05) is 25.4 Å². The second kappa shape index (κ2) is 6.68. The average Bonchev–Trinajstić information content (AvgIpc) is 2.80. The number of rotatable bonds is 7. The van der Waals surface area contributed by atoms with Crippen LogP contribution in [0.2, 0.25) is 5.15 Å². The van der Waals surface area contributed by atoms with Crippen molar-refractivity contribution in [1.82, 2.24) is 19.6 Å². The van der Waals surface area contributed by atoms with Crippen molar-refractivity contribution in [2.45, 2.75) is 20.3 Å². The van der Waals surface area contributed by atoms with E-state index in [-0.39, 0.29) is 0 Å². The molecule has 0 unspecified atom stereocenters. The minimum Gasteiger partial charge on any atom is -0.381 e. The van der Waals surface area contributed by atoms with Crippen molar-refractivity contribution in [1.29, 1.82) is 0 Å². The lowest BCUT2D eigenvalue weighted by molar-refractivity contribution is 0.110. The Hall–Kier alpha value is -1.40. The highest BCUT2D eigenvalue weighted by Crippen LogP contribution is 2.14. The molecule has 2 aromatic heterocycles. The van der Waals surface area contributed by atoms with Crippen LogP contribution in [0.1, 0.15) is 20.3 Å². The quantitative estimate of drug-likeness (QED) is 0.624. The van der Waals surface area contributed by atoms with Crippen LogP contribution in [0.4, 0.5) is 5.82 Å². The number of ether oxygens (including phenoxy) is 1. The zero-order chi connectivity index (χ0) is 13.7. The summed E-state index contributed by atoms with van der Waals surface area (Å²) < 4.78 is 7.14. The lowest BCUT2D eigenvalue weighted by Gasteiger charge is -2.09. The molecule has 0 fully saturated rings. The number of fused-ring (bicyclic) bond motifs is 1. The number of nitrogens with zero attached hydrogens (tertiary/aromatic N) is 4. The minimum absolute atomic E-state index is 0.402. The fraction of sp³-hybridized carbons (Fsp3) is 0.583. The summed E-state index contributed by atoms with van der Waals surface area (Å²) in [6, 6.07) is 1.73. The smallest absolute Gasteiger partial charge is 0.255 e. The van der Waals surface area contributed by atoms with E-state index in [0.29, 0.717) is 16.8 Å². The van der Waals surface area contributed by atoms with Gasteiger partial charge in [0.05, 0.1) is 0 Å². The molecule has 7 heteroatoms. The van der Waals surface area contributed by atoms with Gasteiger partial charge in [0.1, 0.15) is 17.3 Å². The topological polar surface area (TPSA) is 64.3 Å². The Labute approximate surface area is 117 Å². The van der Waals surface area contributed by atoms with E-state index in [0.717, 1.165) is 32.0 Å². The summed E-state index contributed by atoms with van der Waals surface area (Å²) in [6.45, 7) is 6.60. The molecular weight excluding hydrogens is 266 g/mol. The summed E-state index contributed by atoms with van der Waals surface area (Å²) >= 11 is 5.92. The normalized spacial score (nSPS) is 11.4. The molecule has 0 saturated heterocycles. The predicted octanol–water partition coefficient (Wildman–Crippen LogP) is 2.25. The van der Waals surface area contributed by atoms with Crippen LogP contribution in [0.15, 0.2) is 12.4 Å². The molecule has 1 N–H and O–H groups in total. The van der Waals surface area contributed by atoms with Gasteiger partial charge >= 0.3 is 0 Å². The molecular formula is C12H18ClN5O. The Morgan fingerprint density at radius 2 is 2.32 bits per heavy atom. The first-order valence-electron chi connectivity index (χ1n) is 6.34. The van der Waals surface area contributed by atoms with Crippen LogP contribution in [-0.2, 0) is 4.74 Å². The average molecular weight is 284 g/mol. The highest BCUT2D eigenvalue weighted by Gasteiger charge is 2.05. The van der Waals surface area contributed by atoms with E-state index < -0.39 is 0 Å². The molecule has 0 bridgehead atoms. The molecule has 0 radical (unpaired) electrons. The van der Waals surface area contributed by atoms with Crippen molar-refractivity contribution in [2.75, 3.05) is 25.1 Å². The molecule has 0 aromatic carbocycles. The molecule has 19 heavy (non-hydrogen) atoms. The largest absolute Gasteiger partial charge is 0.381 e. The fourth-order valence-electron chi connectivity index (χ4n) is 1.62. The number of aromatic nitrogens is 4. The standard InChI is InChI=1S/C12H18ClN5O/c1-9(2)7-19-5-3-4-14-11-6-10(13)17-12-15-8-16-18(11)12/h6,8-9,14H,3-5,7H2,1-2H3. The lowest BCUT2D eigenvalue weighted by Crippen LogP contribution is -2.11. The first-order valence-corrected chi connectivity index (χ1v) is 6.72. The summed E-state index contributed by atoms with van der Waals surface area (Å²) in [5, 5.41) is 7.75. The molecule has 0 aliphatic rings. The van der Waals surface area contributed by atoms with Gasteiger partial charge in [-0.05, 0) is 12.3 Å². The summed E-state index contributed by atoms with van der Waals surface area (Å²) in [4.78, 5) is 8.07. The van der Waals surface area contributed by atoms with Crippen LogP contribution in [0, 0.1) is 5.92 Å². The molecule has 0 atom stereocenters. The van der Waals surface area contributed by atoms with E-state index >= 15 is 0 Å². The van der Waals surface area contributed by atoms with Gasteiger partial charge in [0.25, 0.3) is 5.78 Å². The predicted molar refractivity (Wildman–Crippen MR) is 74.6 cm³/mol. The molecule has 0 spiro atoms. The zero-order valence-corrected chi connectivity index (χ0v) is 11.9. The van der Waals surface area contributed by atoms with Gasteiger partial charge in [-0.15, -0.1) is 0 Å². The molecule has 104 valence electrons. The second-order valence-corrected chi connectivity index (χ2v) is 5.07. The maximum Gasteiger partial charge on any atom is 0.255 e. The Balaban J connectivity index is 1.83. The van der Waals surface area contributed by atoms with Crippen LogP contribution >= 0.6 is 11.6 Å². The number of nitrogens with one attached hydrogen (secondary N) is 1. The molecule has 2 aromatic rings. The van der Waals surface area contributed by atoms with Crippen LogP contribution in [-0.4, -0.2) is 39.3 Å².